The summed E-state index contributed by atoms with van der Waals surface area (Å²) in [5.74, 6) is -0.812. The maximum Gasteiger partial charge on any atom is 0.308 e. The number of aliphatic carboxylic acids is 1. The quantitative estimate of drug-likeness (QED) is 0.905. The van der Waals surface area contributed by atoms with Gasteiger partial charge in [0.25, 0.3) is 0 Å². The second kappa shape index (κ2) is 4.68. The third kappa shape index (κ3) is 2.43. The SMILES string of the molecule is O=C(O)Cc1ccc(-c2ccccc2Cl)s1. The molecule has 0 unspecified atom stereocenters. The van der Waals surface area contributed by atoms with Gasteiger partial charge in [0.15, 0.2) is 0 Å². The van der Waals surface area contributed by atoms with Crippen LogP contribution in [0.5, 0.6) is 0 Å². The zero-order chi connectivity index (χ0) is 11.5. The standard InChI is InChI=1S/C12H9ClO2S/c13-10-4-2-1-3-9(10)11-6-5-8(16-11)7-12(14)15/h1-6H,7H2,(H,14,15). The second-order valence-corrected chi connectivity index (χ2v) is 4.89. The lowest BCUT2D eigenvalue weighted by Crippen LogP contribution is -1.96. The van der Waals surface area contributed by atoms with Crippen molar-refractivity contribution in [3.63, 3.8) is 0 Å². The van der Waals surface area contributed by atoms with E-state index in [0.29, 0.717) is 5.02 Å². The summed E-state index contributed by atoms with van der Waals surface area (Å²) in [4.78, 5) is 12.4. The molecule has 2 aromatic rings. The minimum Gasteiger partial charge on any atom is -0.481 e. The van der Waals surface area contributed by atoms with Gasteiger partial charge in [-0.25, -0.2) is 0 Å². The minimum atomic E-state index is -0.812. The fourth-order valence-corrected chi connectivity index (χ4v) is 2.76. The van der Waals surface area contributed by atoms with E-state index in [4.69, 9.17) is 16.7 Å². The van der Waals surface area contributed by atoms with Crippen molar-refractivity contribution in [1.82, 2.24) is 0 Å². The average molecular weight is 253 g/mol. The fourth-order valence-electron chi connectivity index (χ4n) is 1.43. The monoisotopic (exact) mass is 252 g/mol. The molecule has 1 N–H and O–H groups in total. The highest BCUT2D eigenvalue weighted by atomic mass is 35.5. The molecule has 4 heteroatoms. The van der Waals surface area contributed by atoms with Gasteiger partial charge in [-0.3, -0.25) is 4.79 Å². The molecule has 82 valence electrons. The van der Waals surface area contributed by atoms with Gasteiger partial charge in [-0.05, 0) is 18.2 Å². The lowest BCUT2D eigenvalue weighted by molar-refractivity contribution is -0.136. The van der Waals surface area contributed by atoms with Crippen molar-refractivity contribution in [1.29, 1.82) is 0 Å². The molecule has 0 spiro atoms. The largest absolute Gasteiger partial charge is 0.481 e. The van der Waals surface area contributed by atoms with E-state index >= 15 is 0 Å². The molecule has 0 fully saturated rings. The van der Waals surface area contributed by atoms with Crippen LogP contribution >= 0.6 is 22.9 Å². The van der Waals surface area contributed by atoms with E-state index in [0.717, 1.165) is 15.3 Å². The van der Waals surface area contributed by atoms with Crippen LogP contribution in [0, 0.1) is 0 Å². The van der Waals surface area contributed by atoms with Crippen molar-refractivity contribution in [3.05, 3.63) is 46.3 Å². The number of hydrogen-bond acceptors (Lipinski definition) is 2. The Hall–Kier alpha value is -1.32. The molecular formula is C12H9ClO2S. The molecule has 0 radical (unpaired) electrons. The Kier molecular flexibility index (Phi) is 3.27. The van der Waals surface area contributed by atoms with Gasteiger partial charge in [-0.1, -0.05) is 29.8 Å². The van der Waals surface area contributed by atoms with Gasteiger partial charge in [0, 0.05) is 20.3 Å². The van der Waals surface area contributed by atoms with Crippen molar-refractivity contribution < 1.29 is 9.90 Å². The molecule has 2 nitrogen and oxygen atoms in total. The molecule has 0 saturated carbocycles. The summed E-state index contributed by atoms with van der Waals surface area (Å²) in [5.41, 5.74) is 0.950. The van der Waals surface area contributed by atoms with Crippen LogP contribution in [0.15, 0.2) is 36.4 Å². The maximum atomic E-state index is 10.6. The van der Waals surface area contributed by atoms with E-state index in [2.05, 4.69) is 0 Å². The van der Waals surface area contributed by atoms with E-state index < -0.39 is 5.97 Å². The minimum absolute atomic E-state index is 0.0646. The van der Waals surface area contributed by atoms with Crippen LogP contribution < -0.4 is 0 Å². The topological polar surface area (TPSA) is 37.3 Å². The van der Waals surface area contributed by atoms with Crippen LogP contribution in [0.25, 0.3) is 10.4 Å². The number of halogens is 1. The molecule has 1 aromatic carbocycles. The molecule has 0 aliphatic heterocycles. The lowest BCUT2D eigenvalue weighted by Gasteiger charge is -1.99. The van der Waals surface area contributed by atoms with Crippen LogP contribution in [0.3, 0.4) is 0 Å². The maximum absolute atomic E-state index is 10.6. The van der Waals surface area contributed by atoms with E-state index in [1.165, 1.54) is 11.3 Å². The Bertz CT molecular complexity index is 519. The van der Waals surface area contributed by atoms with E-state index in [-0.39, 0.29) is 6.42 Å². The van der Waals surface area contributed by atoms with E-state index in [1.54, 1.807) is 0 Å². The lowest BCUT2D eigenvalue weighted by atomic mass is 10.2. The molecule has 0 amide bonds. The Morgan fingerprint density at radius 3 is 2.69 bits per heavy atom. The number of carbonyl (C=O) groups is 1. The first-order chi connectivity index (χ1) is 7.66. The summed E-state index contributed by atoms with van der Waals surface area (Å²) in [6.07, 6.45) is 0.0646. The second-order valence-electron chi connectivity index (χ2n) is 3.32. The number of carboxylic acid groups (broad SMARTS) is 1. The number of thiophene rings is 1. The fraction of sp³-hybridized carbons (Fsp3) is 0.0833. The summed E-state index contributed by atoms with van der Waals surface area (Å²) in [5, 5.41) is 9.37. The van der Waals surface area contributed by atoms with Gasteiger partial charge in [0.1, 0.15) is 0 Å². The molecule has 0 bridgehead atoms. The summed E-state index contributed by atoms with van der Waals surface area (Å²) >= 11 is 7.53. The predicted molar refractivity (Wildman–Crippen MR) is 66.1 cm³/mol. The number of carboxylic acids is 1. The molecule has 1 heterocycles. The first-order valence-electron chi connectivity index (χ1n) is 4.72. The van der Waals surface area contributed by atoms with Crippen LogP contribution in [-0.4, -0.2) is 11.1 Å². The van der Waals surface area contributed by atoms with Gasteiger partial charge in [0.05, 0.1) is 6.42 Å². The molecule has 0 aliphatic rings. The van der Waals surface area contributed by atoms with Gasteiger partial charge in [-0.2, -0.15) is 0 Å². The van der Waals surface area contributed by atoms with Gasteiger partial charge < -0.3 is 5.11 Å². The van der Waals surface area contributed by atoms with Crippen molar-refractivity contribution in [2.24, 2.45) is 0 Å². The molecular weight excluding hydrogens is 244 g/mol. The molecule has 2 rings (SSSR count). The smallest absolute Gasteiger partial charge is 0.308 e. The summed E-state index contributed by atoms with van der Waals surface area (Å²) in [6, 6.07) is 11.3. The van der Waals surface area contributed by atoms with Crippen LogP contribution in [-0.2, 0) is 11.2 Å². The number of rotatable bonds is 3. The molecule has 0 saturated heterocycles. The Morgan fingerprint density at radius 2 is 2.00 bits per heavy atom. The zero-order valence-electron chi connectivity index (χ0n) is 8.31. The zero-order valence-corrected chi connectivity index (χ0v) is 9.89. The van der Waals surface area contributed by atoms with E-state index in [1.807, 2.05) is 36.4 Å². The Morgan fingerprint density at radius 1 is 1.25 bits per heavy atom. The third-order valence-electron chi connectivity index (χ3n) is 2.13. The Balaban J connectivity index is 2.32. The molecule has 1 aromatic heterocycles. The molecule has 16 heavy (non-hydrogen) atoms. The highest BCUT2D eigenvalue weighted by Gasteiger charge is 2.08. The summed E-state index contributed by atoms with van der Waals surface area (Å²) in [6.45, 7) is 0. The summed E-state index contributed by atoms with van der Waals surface area (Å²) in [7, 11) is 0. The number of hydrogen-bond donors (Lipinski definition) is 1. The van der Waals surface area contributed by atoms with Crippen molar-refractivity contribution >= 4 is 28.9 Å². The molecule has 0 atom stereocenters. The Labute approximate surface area is 102 Å². The van der Waals surface area contributed by atoms with Gasteiger partial charge in [0.2, 0.25) is 0 Å². The van der Waals surface area contributed by atoms with E-state index in [9.17, 15) is 4.79 Å². The van der Waals surface area contributed by atoms with Crippen LogP contribution in [0.2, 0.25) is 5.02 Å². The summed E-state index contributed by atoms with van der Waals surface area (Å²) < 4.78 is 0. The van der Waals surface area contributed by atoms with Gasteiger partial charge in [-0.15, -0.1) is 11.3 Å². The first-order valence-corrected chi connectivity index (χ1v) is 5.91. The van der Waals surface area contributed by atoms with Crippen molar-refractivity contribution in [2.75, 3.05) is 0 Å². The van der Waals surface area contributed by atoms with Gasteiger partial charge >= 0.3 is 5.97 Å². The van der Waals surface area contributed by atoms with Crippen molar-refractivity contribution in [3.8, 4) is 10.4 Å². The number of benzene rings is 1. The average Bonchev–Trinajstić information content (AvgIpc) is 2.66. The molecule has 0 aliphatic carbocycles. The third-order valence-corrected chi connectivity index (χ3v) is 3.57. The highest BCUT2D eigenvalue weighted by molar-refractivity contribution is 7.15. The normalized spacial score (nSPS) is 10.3. The van der Waals surface area contributed by atoms with Crippen molar-refractivity contribution in [2.45, 2.75) is 6.42 Å². The van der Waals surface area contributed by atoms with Crippen LogP contribution in [0.4, 0.5) is 0 Å². The van der Waals surface area contributed by atoms with Crippen LogP contribution in [0.1, 0.15) is 4.88 Å². The predicted octanol–water partition coefficient (Wildman–Crippen LogP) is 3.70. The first kappa shape index (κ1) is 11.2. The highest BCUT2D eigenvalue weighted by Crippen LogP contribution is 2.33.